The predicted octanol–water partition coefficient (Wildman–Crippen LogP) is 0.301. The van der Waals surface area contributed by atoms with Gasteiger partial charge >= 0.3 is 5.97 Å². The highest BCUT2D eigenvalue weighted by Crippen LogP contribution is 2.52. The number of carboxylic acid groups (broad SMARTS) is 1. The normalized spacial score (nSPS) is 27.8. The number of nitrogens with zero attached hydrogens (tertiary/aromatic N) is 2. The van der Waals surface area contributed by atoms with Crippen LogP contribution in [0, 0.1) is 23.2 Å². The van der Waals surface area contributed by atoms with Crippen LogP contribution < -0.4 is 16.4 Å². The van der Waals surface area contributed by atoms with Crippen LogP contribution in [0.25, 0.3) is 0 Å². The summed E-state index contributed by atoms with van der Waals surface area (Å²) in [6.45, 7) is 10.9. The third kappa shape index (κ3) is 5.30. The van der Waals surface area contributed by atoms with Crippen LogP contribution in [0.15, 0.2) is 0 Å². The third-order valence-corrected chi connectivity index (χ3v) is 8.60. The smallest absolute Gasteiger partial charge is 0.339 e. The lowest BCUT2D eigenvalue weighted by molar-refractivity contribution is -0.178. The van der Waals surface area contributed by atoms with Gasteiger partial charge in [-0.15, -0.1) is 0 Å². The molecule has 2 saturated heterocycles. The number of likely N-dealkylation sites (N-methyl/N-ethyl adjacent to an activating group) is 2. The Kier molecular flexibility index (Phi) is 10.6. The summed E-state index contributed by atoms with van der Waals surface area (Å²) in [6.07, 6.45) is 0.874. The number of carboxylic acids is 1. The van der Waals surface area contributed by atoms with Crippen LogP contribution in [0.4, 0.5) is 0 Å². The van der Waals surface area contributed by atoms with E-state index in [9.17, 15) is 29.1 Å². The number of hydrogen-bond donors (Lipinski definition) is 4. The predicted molar refractivity (Wildman–Crippen MR) is 148 cm³/mol. The van der Waals surface area contributed by atoms with Gasteiger partial charge in [-0.2, -0.15) is 0 Å². The number of amides is 1. The van der Waals surface area contributed by atoms with Crippen molar-refractivity contribution in [2.24, 2.45) is 28.9 Å². The highest BCUT2D eigenvalue weighted by Gasteiger charge is 2.77. The van der Waals surface area contributed by atoms with Gasteiger partial charge in [0.2, 0.25) is 11.4 Å². The highest BCUT2D eigenvalue weighted by molar-refractivity contribution is 6.26. The van der Waals surface area contributed by atoms with Gasteiger partial charge in [0, 0.05) is 6.54 Å². The maximum Gasteiger partial charge on any atom is 0.339 e. The molecule has 0 aliphatic carbocycles. The number of nitrogens with two attached hydrogens (primary N) is 1. The zero-order chi connectivity index (χ0) is 30.0. The number of aliphatic carboxylic acids is 1. The lowest BCUT2D eigenvalue weighted by Gasteiger charge is -2.48. The van der Waals surface area contributed by atoms with Crippen LogP contribution in [-0.2, 0) is 24.0 Å². The van der Waals surface area contributed by atoms with Crippen molar-refractivity contribution in [1.29, 1.82) is 0 Å². The molecule has 1 amide bonds. The molecule has 2 aliphatic heterocycles. The SMILES string of the molecule is CNC(C(=O)C1(C(=O)O)N(C(=O)C2CCCN2)CCC1(C(=O)C(N)C(C)C)C(=O)C(C(C)C)N(C)C)C(C)C. The van der Waals surface area contributed by atoms with Crippen LogP contribution in [0.3, 0.4) is 0 Å². The summed E-state index contributed by atoms with van der Waals surface area (Å²) in [5, 5.41) is 17.1. The second kappa shape index (κ2) is 12.5. The molecular formula is C28H49N5O6. The van der Waals surface area contributed by atoms with Crippen molar-refractivity contribution < 1.29 is 29.1 Å². The standard InChI is InChI=1S/C28H49N5O6/c1-15(2)19(29)22(34)27(24(36)21(17(5)6)32(8)9)12-14-33(25(37)18-11-10-13-31-18)28(27,26(38)39)23(35)20(30-7)16(3)4/h15-21,30-31H,10-14,29H2,1-9H3,(H,38,39). The Morgan fingerprint density at radius 3 is 1.95 bits per heavy atom. The first-order valence-corrected chi connectivity index (χ1v) is 14.1. The Morgan fingerprint density at radius 2 is 1.56 bits per heavy atom. The minimum Gasteiger partial charge on any atom is -0.479 e. The monoisotopic (exact) mass is 551 g/mol. The summed E-state index contributed by atoms with van der Waals surface area (Å²) in [5.41, 5.74) is 1.25. The van der Waals surface area contributed by atoms with Crippen LogP contribution in [0.1, 0.15) is 60.8 Å². The molecule has 0 aromatic rings. The molecule has 2 aliphatic rings. The topological polar surface area (TPSA) is 162 Å². The third-order valence-electron chi connectivity index (χ3n) is 8.60. The van der Waals surface area contributed by atoms with E-state index in [0.29, 0.717) is 19.4 Å². The summed E-state index contributed by atoms with van der Waals surface area (Å²) in [7, 11) is 4.89. The Hall–Kier alpha value is -2.21. The summed E-state index contributed by atoms with van der Waals surface area (Å²) in [4.78, 5) is 74.4. The molecule has 0 radical (unpaired) electrons. The van der Waals surface area contributed by atoms with E-state index in [2.05, 4.69) is 10.6 Å². The Bertz CT molecular complexity index is 952. The second-order valence-electron chi connectivity index (χ2n) is 12.3. The number of carbonyl (C=O) groups is 5. The Morgan fingerprint density at radius 1 is 0.974 bits per heavy atom. The molecule has 6 unspecified atom stereocenters. The first-order chi connectivity index (χ1) is 18.0. The molecule has 2 heterocycles. The average Bonchev–Trinajstić information content (AvgIpc) is 3.49. The van der Waals surface area contributed by atoms with Gasteiger partial charge in [-0.3, -0.25) is 24.1 Å². The number of ketones is 3. The van der Waals surface area contributed by atoms with Gasteiger partial charge in [-0.05, 0) is 64.7 Å². The van der Waals surface area contributed by atoms with Crippen LogP contribution in [0.5, 0.6) is 0 Å². The molecule has 2 rings (SSSR count). The highest BCUT2D eigenvalue weighted by atomic mass is 16.4. The summed E-state index contributed by atoms with van der Waals surface area (Å²) in [6, 6.07) is -3.87. The lowest BCUT2D eigenvalue weighted by Crippen LogP contribution is -2.77. The second-order valence-corrected chi connectivity index (χ2v) is 12.3. The molecule has 0 aromatic heterocycles. The molecule has 11 nitrogen and oxygen atoms in total. The zero-order valence-electron chi connectivity index (χ0n) is 25.0. The van der Waals surface area contributed by atoms with Crippen molar-refractivity contribution in [3.63, 3.8) is 0 Å². The minimum atomic E-state index is -2.77. The molecular weight excluding hydrogens is 502 g/mol. The van der Waals surface area contributed by atoms with Crippen LogP contribution >= 0.6 is 0 Å². The maximum atomic E-state index is 14.8. The van der Waals surface area contributed by atoms with E-state index in [-0.39, 0.29) is 18.9 Å². The number of hydrogen-bond acceptors (Lipinski definition) is 9. The Balaban J connectivity index is 3.07. The fourth-order valence-electron chi connectivity index (χ4n) is 6.65. The fraction of sp³-hybridized carbons (Fsp3) is 0.821. The van der Waals surface area contributed by atoms with Crippen LogP contribution in [0.2, 0.25) is 0 Å². The van der Waals surface area contributed by atoms with Crippen molar-refractivity contribution in [3.8, 4) is 0 Å². The lowest BCUT2D eigenvalue weighted by atomic mass is 9.57. The van der Waals surface area contributed by atoms with E-state index in [1.54, 1.807) is 60.5 Å². The van der Waals surface area contributed by atoms with Gasteiger partial charge in [-0.1, -0.05) is 41.5 Å². The number of carbonyl (C=O) groups excluding carboxylic acids is 4. The van der Waals surface area contributed by atoms with Crippen LogP contribution in [-0.4, -0.2) is 108 Å². The first-order valence-electron chi connectivity index (χ1n) is 14.1. The zero-order valence-corrected chi connectivity index (χ0v) is 25.0. The number of likely N-dealkylation sites (tertiary alicyclic amines) is 1. The summed E-state index contributed by atoms with van der Waals surface area (Å²) < 4.78 is 0. The van der Waals surface area contributed by atoms with Gasteiger partial charge in [0.1, 0.15) is 5.41 Å². The summed E-state index contributed by atoms with van der Waals surface area (Å²) >= 11 is 0. The molecule has 39 heavy (non-hydrogen) atoms. The van der Waals surface area contributed by atoms with E-state index >= 15 is 0 Å². The Labute approximate surface area is 232 Å². The minimum absolute atomic E-state index is 0.232. The molecule has 222 valence electrons. The molecule has 2 fully saturated rings. The van der Waals surface area contributed by atoms with Gasteiger partial charge in [0.15, 0.2) is 17.3 Å². The van der Waals surface area contributed by atoms with Gasteiger partial charge < -0.3 is 26.4 Å². The summed E-state index contributed by atoms with van der Waals surface area (Å²) in [5.74, 6) is -5.80. The molecule has 5 N–H and O–H groups in total. The largest absolute Gasteiger partial charge is 0.479 e. The van der Waals surface area contributed by atoms with Crippen molar-refractivity contribution in [2.45, 2.75) is 90.5 Å². The number of rotatable bonds is 13. The molecule has 0 aromatic carbocycles. The number of nitrogens with one attached hydrogen (secondary N) is 2. The van der Waals surface area contributed by atoms with Gasteiger partial charge in [-0.25, -0.2) is 4.79 Å². The average molecular weight is 552 g/mol. The van der Waals surface area contributed by atoms with Crippen molar-refractivity contribution >= 4 is 29.2 Å². The maximum absolute atomic E-state index is 14.8. The van der Waals surface area contributed by atoms with Crippen molar-refractivity contribution in [3.05, 3.63) is 0 Å². The van der Waals surface area contributed by atoms with Gasteiger partial charge in [0.25, 0.3) is 0 Å². The molecule has 6 atom stereocenters. The first kappa shape index (κ1) is 33.0. The van der Waals surface area contributed by atoms with E-state index < -0.39 is 76.2 Å². The van der Waals surface area contributed by atoms with Crippen molar-refractivity contribution in [2.75, 3.05) is 34.2 Å². The molecule has 11 heteroatoms. The number of Topliss-reactive ketones (excluding diaryl/α,β-unsaturated/α-hetero) is 3. The van der Waals surface area contributed by atoms with Gasteiger partial charge in [0.05, 0.1) is 24.2 Å². The fourth-order valence-corrected chi connectivity index (χ4v) is 6.65. The molecule has 0 saturated carbocycles. The van der Waals surface area contributed by atoms with Crippen molar-refractivity contribution in [1.82, 2.24) is 20.4 Å². The quantitative estimate of drug-likeness (QED) is 0.234. The van der Waals surface area contributed by atoms with E-state index in [1.807, 2.05) is 0 Å². The van der Waals surface area contributed by atoms with E-state index in [0.717, 1.165) is 4.90 Å². The molecule has 0 spiro atoms. The van der Waals surface area contributed by atoms with E-state index in [1.165, 1.54) is 7.05 Å². The van der Waals surface area contributed by atoms with E-state index in [4.69, 9.17) is 5.73 Å². The molecule has 0 bridgehead atoms.